The number of nitrogens with two attached hydrogens (primary N) is 1. The van der Waals surface area contributed by atoms with Gasteiger partial charge in [0.2, 0.25) is 11.8 Å². The van der Waals surface area contributed by atoms with E-state index in [1.165, 1.54) is 11.0 Å². The highest BCUT2D eigenvalue weighted by Gasteiger charge is 2.39. The molecule has 0 aliphatic carbocycles. The van der Waals surface area contributed by atoms with Crippen LogP contribution in [0.25, 0.3) is 0 Å². The van der Waals surface area contributed by atoms with Crippen molar-refractivity contribution in [1.82, 2.24) is 10.2 Å². The number of hydrogen-bond donors (Lipinski definition) is 2. The molecule has 1 aromatic rings. The Hall–Kier alpha value is -1.99. The lowest BCUT2D eigenvalue weighted by molar-refractivity contribution is -0.136. The fourth-order valence-corrected chi connectivity index (χ4v) is 2.80. The Labute approximate surface area is 132 Å². The van der Waals surface area contributed by atoms with E-state index in [1.807, 2.05) is 0 Å². The van der Waals surface area contributed by atoms with Gasteiger partial charge in [0, 0.05) is 30.6 Å². The summed E-state index contributed by atoms with van der Waals surface area (Å²) in [6.45, 7) is 0.277. The number of benzene rings is 1. The zero-order valence-electron chi connectivity index (χ0n) is 11.6. The molecular formula is C14H15ClFN3O3. The summed E-state index contributed by atoms with van der Waals surface area (Å²) in [6.07, 6.45) is 0.482. The summed E-state index contributed by atoms with van der Waals surface area (Å²) >= 11 is 0. The molecule has 0 spiro atoms. The van der Waals surface area contributed by atoms with Crippen LogP contribution >= 0.6 is 12.4 Å². The van der Waals surface area contributed by atoms with Crippen LogP contribution in [-0.2, 0) is 22.7 Å². The number of nitrogens with zero attached hydrogens (tertiary/aromatic N) is 1. The van der Waals surface area contributed by atoms with Gasteiger partial charge in [0.15, 0.2) is 0 Å². The van der Waals surface area contributed by atoms with E-state index in [2.05, 4.69) is 5.32 Å². The standard InChI is InChI=1S/C14H14FN3O3.ClH/c15-10-4-9-8(3-7(10)5-16)6-18(14(9)21)11-1-2-12(19)17-13(11)20;/h3-4,11H,1-2,5-6,16H2,(H,17,19,20);1H. The Kier molecular flexibility index (Phi) is 4.48. The van der Waals surface area contributed by atoms with Gasteiger partial charge in [-0.1, -0.05) is 0 Å². The number of carbonyl (C=O) groups is 3. The van der Waals surface area contributed by atoms with Gasteiger partial charge in [0.1, 0.15) is 11.9 Å². The van der Waals surface area contributed by atoms with Gasteiger partial charge in [0.25, 0.3) is 5.91 Å². The first-order valence-corrected chi connectivity index (χ1v) is 6.67. The summed E-state index contributed by atoms with van der Waals surface area (Å²) in [6, 6.07) is 2.05. The van der Waals surface area contributed by atoms with E-state index >= 15 is 0 Å². The van der Waals surface area contributed by atoms with Crippen LogP contribution in [0.15, 0.2) is 12.1 Å². The molecule has 3 amide bonds. The van der Waals surface area contributed by atoms with Crippen molar-refractivity contribution in [3.8, 4) is 0 Å². The minimum atomic E-state index is -0.688. The largest absolute Gasteiger partial charge is 0.326 e. The van der Waals surface area contributed by atoms with Gasteiger partial charge in [-0.05, 0) is 24.1 Å². The number of hydrogen-bond acceptors (Lipinski definition) is 4. The molecule has 1 saturated heterocycles. The molecule has 118 valence electrons. The number of imide groups is 1. The second-order valence-electron chi connectivity index (χ2n) is 5.20. The number of piperidine rings is 1. The fourth-order valence-electron chi connectivity index (χ4n) is 2.80. The molecule has 8 heteroatoms. The van der Waals surface area contributed by atoms with Gasteiger partial charge in [0.05, 0.1) is 0 Å². The predicted octanol–water partition coefficient (Wildman–Crippen LogP) is 0.467. The highest BCUT2D eigenvalue weighted by Crippen LogP contribution is 2.29. The van der Waals surface area contributed by atoms with Crippen LogP contribution in [0.5, 0.6) is 0 Å². The first kappa shape index (κ1) is 16.4. The average Bonchev–Trinajstić information content (AvgIpc) is 2.75. The molecule has 1 unspecified atom stereocenters. The molecule has 3 rings (SSSR count). The smallest absolute Gasteiger partial charge is 0.255 e. The number of halogens is 2. The van der Waals surface area contributed by atoms with Crippen molar-refractivity contribution in [2.75, 3.05) is 0 Å². The van der Waals surface area contributed by atoms with Gasteiger partial charge in [-0.25, -0.2) is 4.39 Å². The lowest BCUT2D eigenvalue weighted by Crippen LogP contribution is -2.52. The molecule has 2 aliphatic rings. The fraction of sp³-hybridized carbons (Fsp3) is 0.357. The van der Waals surface area contributed by atoms with E-state index in [0.717, 1.165) is 0 Å². The molecule has 1 aromatic carbocycles. The van der Waals surface area contributed by atoms with Crippen molar-refractivity contribution >= 4 is 30.1 Å². The summed E-state index contributed by atoms with van der Waals surface area (Å²) in [5, 5.41) is 2.22. The van der Waals surface area contributed by atoms with Gasteiger partial charge in [-0.2, -0.15) is 0 Å². The highest BCUT2D eigenvalue weighted by molar-refractivity contribution is 6.05. The Morgan fingerprint density at radius 2 is 2.05 bits per heavy atom. The van der Waals surface area contributed by atoms with Gasteiger partial charge >= 0.3 is 0 Å². The third-order valence-electron chi connectivity index (χ3n) is 3.91. The Morgan fingerprint density at radius 3 is 2.68 bits per heavy atom. The second-order valence-corrected chi connectivity index (χ2v) is 5.20. The van der Waals surface area contributed by atoms with Gasteiger partial charge in [-0.3, -0.25) is 19.7 Å². The number of nitrogens with one attached hydrogen (secondary N) is 1. The zero-order valence-corrected chi connectivity index (χ0v) is 12.4. The average molecular weight is 328 g/mol. The molecular weight excluding hydrogens is 313 g/mol. The van der Waals surface area contributed by atoms with Crippen LogP contribution in [0, 0.1) is 5.82 Å². The minimum Gasteiger partial charge on any atom is -0.326 e. The van der Waals surface area contributed by atoms with E-state index in [1.54, 1.807) is 6.07 Å². The molecule has 0 saturated carbocycles. The summed E-state index contributed by atoms with van der Waals surface area (Å²) in [4.78, 5) is 36.7. The van der Waals surface area contributed by atoms with Crippen LogP contribution in [-0.4, -0.2) is 28.7 Å². The quantitative estimate of drug-likeness (QED) is 0.772. The molecule has 2 heterocycles. The molecule has 0 bridgehead atoms. The lowest BCUT2D eigenvalue weighted by Gasteiger charge is -2.29. The molecule has 22 heavy (non-hydrogen) atoms. The van der Waals surface area contributed by atoms with Crippen LogP contribution < -0.4 is 11.1 Å². The van der Waals surface area contributed by atoms with Crippen molar-refractivity contribution in [2.24, 2.45) is 5.73 Å². The molecule has 1 atom stereocenters. The van der Waals surface area contributed by atoms with Crippen molar-refractivity contribution < 1.29 is 18.8 Å². The maximum atomic E-state index is 13.7. The molecule has 0 aromatic heterocycles. The number of rotatable bonds is 2. The molecule has 1 fully saturated rings. The van der Waals surface area contributed by atoms with Crippen molar-refractivity contribution in [2.45, 2.75) is 32.0 Å². The predicted molar refractivity (Wildman–Crippen MR) is 77.6 cm³/mol. The van der Waals surface area contributed by atoms with Crippen molar-refractivity contribution in [3.63, 3.8) is 0 Å². The molecule has 0 radical (unpaired) electrons. The summed E-state index contributed by atoms with van der Waals surface area (Å²) in [7, 11) is 0. The van der Waals surface area contributed by atoms with Gasteiger partial charge < -0.3 is 10.6 Å². The maximum Gasteiger partial charge on any atom is 0.255 e. The number of amides is 3. The monoisotopic (exact) mass is 327 g/mol. The van der Waals surface area contributed by atoms with E-state index in [-0.39, 0.29) is 55.7 Å². The van der Waals surface area contributed by atoms with Crippen LogP contribution in [0.1, 0.15) is 34.3 Å². The van der Waals surface area contributed by atoms with E-state index in [0.29, 0.717) is 11.1 Å². The topological polar surface area (TPSA) is 92.5 Å². The summed E-state index contributed by atoms with van der Waals surface area (Å²) < 4.78 is 13.7. The normalized spacial score (nSPS) is 20.5. The minimum absolute atomic E-state index is 0. The zero-order chi connectivity index (χ0) is 15.1. The Bertz CT molecular complexity index is 665. The SMILES string of the molecule is Cl.NCc1cc2c(cc1F)C(=O)N(C1CCC(=O)NC1=O)C2. The first-order chi connectivity index (χ1) is 10.0. The number of carbonyl (C=O) groups excluding carboxylic acids is 3. The maximum absolute atomic E-state index is 13.7. The molecule has 6 nitrogen and oxygen atoms in total. The van der Waals surface area contributed by atoms with Crippen molar-refractivity contribution in [3.05, 3.63) is 34.6 Å². The van der Waals surface area contributed by atoms with Crippen molar-refractivity contribution in [1.29, 1.82) is 0 Å². The van der Waals surface area contributed by atoms with E-state index in [9.17, 15) is 18.8 Å². The Morgan fingerprint density at radius 1 is 1.32 bits per heavy atom. The second kappa shape index (κ2) is 6.02. The third-order valence-corrected chi connectivity index (χ3v) is 3.91. The van der Waals surface area contributed by atoms with Crippen LogP contribution in [0.4, 0.5) is 4.39 Å². The molecule has 3 N–H and O–H groups in total. The summed E-state index contributed by atoms with van der Waals surface area (Å²) in [5.74, 6) is -1.72. The Balaban J connectivity index is 0.00000176. The van der Waals surface area contributed by atoms with Crippen LogP contribution in [0.2, 0.25) is 0 Å². The van der Waals surface area contributed by atoms with Crippen LogP contribution in [0.3, 0.4) is 0 Å². The third kappa shape index (κ3) is 2.57. The highest BCUT2D eigenvalue weighted by atomic mass is 35.5. The van der Waals surface area contributed by atoms with E-state index in [4.69, 9.17) is 5.73 Å². The van der Waals surface area contributed by atoms with Gasteiger partial charge in [-0.15, -0.1) is 12.4 Å². The summed E-state index contributed by atoms with van der Waals surface area (Å²) in [5.41, 5.74) is 6.71. The lowest BCUT2D eigenvalue weighted by atomic mass is 10.0. The van der Waals surface area contributed by atoms with E-state index < -0.39 is 17.8 Å². The number of fused-ring (bicyclic) bond motifs is 1. The molecule has 2 aliphatic heterocycles. The first-order valence-electron chi connectivity index (χ1n) is 6.67.